The Morgan fingerprint density at radius 2 is 2.03 bits per heavy atom. The molecular formula is C23H33N5O. The predicted molar refractivity (Wildman–Crippen MR) is 118 cm³/mol. The molecule has 1 aromatic heterocycles. The molecule has 1 amide bonds. The van der Waals surface area contributed by atoms with E-state index in [9.17, 15) is 4.79 Å². The highest BCUT2D eigenvalue weighted by molar-refractivity contribution is 5.98. The Kier molecular flexibility index (Phi) is 7.09. The van der Waals surface area contributed by atoms with Crippen LogP contribution in [0.25, 0.3) is 0 Å². The van der Waals surface area contributed by atoms with Crippen LogP contribution in [0.15, 0.2) is 48.3 Å². The van der Waals surface area contributed by atoms with Crippen molar-refractivity contribution in [1.82, 2.24) is 15.2 Å². The zero-order chi connectivity index (χ0) is 20.8. The molecule has 0 aromatic carbocycles. The number of hydrogen-bond donors (Lipinski definition) is 3. The van der Waals surface area contributed by atoms with E-state index in [4.69, 9.17) is 11.5 Å². The van der Waals surface area contributed by atoms with Gasteiger partial charge < -0.3 is 21.7 Å². The van der Waals surface area contributed by atoms with Gasteiger partial charge in [-0.1, -0.05) is 25.5 Å². The maximum absolute atomic E-state index is 13.1. The number of anilines is 1. The van der Waals surface area contributed by atoms with Crippen LogP contribution < -0.4 is 16.8 Å². The number of allylic oxidation sites excluding steroid dienone is 3. The maximum Gasteiger partial charge on any atom is 0.276 e. The van der Waals surface area contributed by atoms with Gasteiger partial charge in [-0.05, 0) is 56.9 Å². The molecule has 0 unspecified atom stereocenters. The fraction of sp³-hybridized carbons (Fsp3) is 0.478. The van der Waals surface area contributed by atoms with Crippen molar-refractivity contribution in [2.45, 2.75) is 57.4 Å². The fourth-order valence-electron chi connectivity index (χ4n) is 4.27. The number of nitrogen functional groups attached to an aromatic ring is 1. The lowest BCUT2D eigenvalue weighted by molar-refractivity contribution is 0.0961. The molecule has 3 rings (SSSR count). The standard InChI is InChI=1S/C23H33N5O/c1-3-8-21(28-14-7-11-17(24)15-28)19(4-2)27-23(29)22-18(25)12-13-20(26-22)16-9-5-6-10-16/h3-4,8,12-13,16-17H,2,5-7,9-11,14-15,24-25H2,1H3,(H,27,29)/b8-3-,21-19-/t17-/m0/s1. The van der Waals surface area contributed by atoms with Crippen LogP contribution in [0.2, 0.25) is 0 Å². The lowest BCUT2D eigenvalue weighted by Crippen LogP contribution is -2.43. The summed E-state index contributed by atoms with van der Waals surface area (Å²) >= 11 is 0. The molecule has 29 heavy (non-hydrogen) atoms. The van der Waals surface area contributed by atoms with Gasteiger partial charge >= 0.3 is 0 Å². The zero-order valence-corrected chi connectivity index (χ0v) is 17.4. The number of nitrogens with one attached hydrogen (secondary N) is 1. The Bertz CT molecular complexity index is 807. The van der Waals surface area contributed by atoms with Crippen LogP contribution in [0.3, 0.4) is 0 Å². The largest absolute Gasteiger partial charge is 0.397 e. The summed E-state index contributed by atoms with van der Waals surface area (Å²) in [7, 11) is 0. The normalized spacial score (nSPS) is 21.3. The number of rotatable bonds is 6. The number of hydrogen-bond acceptors (Lipinski definition) is 5. The molecule has 1 aliphatic heterocycles. The number of likely N-dealkylation sites (tertiary alicyclic amines) is 1. The number of nitrogens with two attached hydrogens (primary N) is 2. The van der Waals surface area contributed by atoms with Gasteiger partial charge in [0.05, 0.1) is 17.1 Å². The van der Waals surface area contributed by atoms with Crippen LogP contribution in [-0.4, -0.2) is 34.9 Å². The molecule has 1 aromatic rings. The van der Waals surface area contributed by atoms with Crippen LogP contribution in [0, 0.1) is 0 Å². The van der Waals surface area contributed by atoms with Gasteiger partial charge in [0.2, 0.25) is 0 Å². The van der Waals surface area contributed by atoms with E-state index in [0.29, 0.717) is 17.3 Å². The molecule has 2 fully saturated rings. The molecule has 6 nitrogen and oxygen atoms in total. The van der Waals surface area contributed by atoms with Crippen molar-refractivity contribution in [2.24, 2.45) is 5.73 Å². The molecular weight excluding hydrogens is 362 g/mol. The molecule has 1 aliphatic carbocycles. The summed E-state index contributed by atoms with van der Waals surface area (Å²) in [4.78, 5) is 19.9. The lowest BCUT2D eigenvalue weighted by atomic mass is 10.0. The highest BCUT2D eigenvalue weighted by Gasteiger charge is 2.23. The summed E-state index contributed by atoms with van der Waals surface area (Å²) in [6, 6.07) is 3.88. The average Bonchev–Trinajstić information content (AvgIpc) is 3.25. The van der Waals surface area contributed by atoms with E-state index in [1.165, 1.54) is 12.8 Å². The minimum absolute atomic E-state index is 0.131. The first kappa shape index (κ1) is 21.1. The smallest absolute Gasteiger partial charge is 0.276 e. The third-order valence-corrected chi connectivity index (χ3v) is 5.79. The molecule has 1 saturated carbocycles. The quantitative estimate of drug-likeness (QED) is 0.641. The van der Waals surface area contributed by atoms with E-state index in [1.807, 2.05) is 25.1 Å². The fourth-order valence-corrected chi connectivity index (χ4v) is 4.27. The van der Waals surface area contributed by atoms with Crippen molar-refractivity contribution in [3.05, 3.63) is 59.7 Å². The van der Waals surface area contributed by atoms with E-state index in [1.54, 1.807) is 12.1 Å². The Labute approximate surface area is 173 Å². The SMILES string of the molecule is C=C/C(NC(=O)c1nc(C2CCCC2)ccc1N)=C(\C=C/C)N1CCC[C@H](N)C1. The molecule has 6 heteroatoms. The van der Waals surface area contributed by atoms with E-state index in [2.05, 4.69) is 21.8 Å². The molecule has 2 heterocycles. The minimum Gasteiger partial charge on any atom is -0.397 e. The van der Waals surface area contributed by atoms with Gasteiger partial charge in [0.15, 0.2) is 5.69 Å². The van der Waals surface area contributed by atoms with E-state index < -0.39 is 0 Å². The number of piperidine rings is 1. The zero-order valence-electron chi connectivity index (χ0n) is 17.4. The molecule has 2 aliphatic rings. The van der Waals surface area contributed by atoms with Gasteiger partial charge in [-0.25, -0.2) is 4.98 Å². The number of pyridine rings is 1. The molecule has 0 radical (unpaired) electrons. The first-order chi connectivity index (χ1) is 14.0. The molecule has 1 saturated heterocycles. The Balaban J connectivity index is 1.87. The van der Waals surface area contributed by atoms with Gasteiger partial charge in [0, 0.05) is 30.7 Å². The number of carbonyl (C=O) groups excluding carboxylic acids is 1. The molecule has 1 atom stereocenters. The van der Waals surface area contributed by atoms with Gasteiger partial charge in [-0.15, -0.1) is 0 Å². The van der Waals surface area contributed by atoms with Crippen LogP contribution in [-0.2, 0) is 0 Å². The molecule has 5 N–H and O–H groups in total. The van der Waals surface area contributed by atoms with Gasteiger partial charge in [0.1, 0.15) is 0 Å². The Morgan fingerprint density at radius 1 is 1.28 bits per heavy atom. The molecule has 0 bridgehead atoms. The molecule has 0 spiro atoms. The third kappa shape index (κ3) is 5.07. The van der Waals surface area contributed by atoms with Crippen molar-refractivity contribution in [3.8, 4) is 0 Å². The van der Waals surface area contributed by atoms with Crippen LogP contribution in [0.5, 0.6) is 0 Å². The second-order valence-electron chi connectivity index (χ2n) is 7.96. The number of carbonyl (C=O) groups is 1. The highest BCUT2D eigenvalue weighted by atomic mass is 16.1. The summed E-state index contributed by atoms with van der Waals surface area (Å²) in [5.74, 6) is 0.116. The third-order valence-electron chi connectivity index (χ3n) is 5.79. The second-order valence-corrected chi connectivity index (χ2v) is 7.96. The van der Waals surface area contributed by atoms with E-state index in [0.717, 1.165) is 50.2 Å². The van der Waals surface area contributed by atoms with Crippen molar-refractivity contribution < 1.29 is 4.79 Å². The number of aromatic nitrogens is 1. The summed E-state index contributed by atoms with van der Waals surface area (Å²) in [6.45, 7) is 7.52. The maximum atomic E-state index is 13.1. The van der Waals surface area contributed by atoms with Crippen LogP contribution >= 0.6 is 0 Å². The number of amides is 1. The van der Waals surface area contributed by atoms with Crippen molar-refractivity contribution in [1.29, 1.82) is 0 Å². The van der Waals surface area contributed by atoms with Crippen molar-refractivity contribution in [3.63, 3.8) is 0 Å². The Hall–Kier alpha value is -2.60. The monoisotopic (exact) mass is 395 g/mol. The van der Waals surface area contributed by atoms with E-state index in [-0.39, 0.29) is 17.6 Å². The Morgan fingerprint density at radius 3 is 2.69 bits per heavy atom. The molecule has 156 valence electrons. The van der Waals surface area contributed by atoms with Gasteiger partial charge in [0.25, 0.3) is 5.91 Å². The average molecular weight is 396 g/mol. The second kappa shape index (κ2) is 9.74. The minimum atomic E-state index is -0.305. The summed E-state index contributed by atoms with van der Waals surface area (Å²) in [5.41, 5.74) is 15.4. The van der Waals surface area contributed by atoms with Gasteiger partial charge in [-0.2, -0.15) is 0 Å². The first-order valence-corrected chi connectivity index (χ1v) is 10.6. The van der Waals surface area contributed by atoms with Crippen molar-refractivity contribution >= 4 is 11.6 Å². The van der Waals surface area contributed by atoms with Gasteiger partial charge in [-0.3, -0.25) is 4.79 Å². The van der Waals surface area contributed by atoms with E-state index >= 15 is 0 Å². The topological polar surface area (TPSA) is 97.3 Å². The van der Waals surface area contributed by atoms with Crippen molar-refractivity contribution in [2.75, 3.05) is 18.8 Å². The number of nitrogens with zero attached hydrogens (tertiary/aromatic N) is 2. The van der Waals surface area contributed by atoms with Crippen LogP contribution in [0.4, 0.5) is 5.69 Å². The summed E-state index contributed by atoms with van der Waals surface area (Å²) in [6.07, 6.45) is 12.3. The first-order valence-electron chi connectivity index (χ1n) is 10.6. The summed E-state index contributed by atoms with van der Waals surface area (Å²) < 4.78 is 0. The predicted octanol–water partition coefficient (Wildman–Crippen LogP) is 3.45. The highest BCUT2D eigenvalue weighted by Crippen LogP contribution is 2.33. The lowest BCUT2D eigenvalue weighted by Gasteiger charge is -2.34. The summed E-state index contributed by atoms with van der Waals surface area (Å²) in [5, 5.41) is 2.99. The van der Waals surface area contributed by atoms with Crippen LogP contribution in [0.1, 0.15) is 67.5 Å².